The predicted octanol–water partition coefficient (Wildman–Crippen LogP) is 1.72. The maximum Gasteiger partial charge on any atom is 0.223 e. The Morgan fingerprint density at radius 3 is 3.14 bits per heavy atom. The maximum atomic E-state index is 12.4. The number of hydrogen-bond donors (Lipinski definition) is 0. The van der Waals surface area contributed by atoms with E-state index in [0.29, 0.717) is 13.0 Å². The van der Waals surface area contributed by atoms with Crippen molar-refractivity contribution in [1.82, 2.24) is 24.8 Å². The molecule has 3 rings (SSSR count). The van der Waals surface area contributed by atoms with E-state index in [0.717, 1.165) is 37.3 Å². The molecule has 1 amide bonds. The molecule has 0 aromatic carbocycles. The van der Waals surface area contributed by atoms with Gasteiger partial charge in [-0.05, 0) is 26.2 Å². The van der Waals surface area contributed by atoms with Gasteiger partial charge in [0.15, 0.2) is 0 Å². The molecular formula is C14H19N5O2. The van der Waals surface area contributed by atoms with Gasteiger partial charge in [0, 0.05) is 25.6 Å². The second-order valence-electron chi connectivity index (χ2n) is 5.37. The normalized spacial score (nSPS) is 18.3. The molecule has 0 N–H and O–H groups in total. The van der Waals surface area contributed by atoms with Crippen LogP contribution in [0.2, 0.25) is 0 Å². The van der Waals surface area contributed by atoms with Gasteiger partial charge < -0.3 is 9.42 Å². The molecule has 1 aliphatic heterocycles. The highest BCUT2D eigenvalue weighted by Gasteiger charge is 2.31. The zero-order valence-electron chi connectivity index (χ0n) is 12.1. The molecule has 1 aliphatic rings. The zero-order chi connectivity index (χ0) is 14.7. The van der Waals surface area contributed by atoms with Crippen molar-refractivity contribution in [2.75, 3.05) is 6.54 Å². The molecule has 0 aliphatic carbocycles. The first-order valence-corrected chi connectivity index (χ1v) is 7.29. The van der Waals surface area contributed by atoms with Crippen molar-refractivity contribution in [3.05, 3.63) is 30.2 Å². The van der Waals surface area contributed by atoms with Gasteiger partial charge in [-0.1, -0.05) is 5.16 Å². The van der Waals surface area contributed by atoms with Gasteiger partial charge in [-0.15, -0.1) is 0 Å². The summed E-state index contributed by atoms with van der Waals surface area (Å²) in [7, 11) is 0. The average molecular weight is 289 g/mol. The highest BCUT2D eigenvalue weighted by atomic mass is 16.5. The molecule has 1 atom stereocenters. The highest BCUT2D eigenvalue weighted by Crippen LogP contribution is 2.32. The van der Waals surface area contributed by atoms with E-state index < -0.39 is 0 Å². The van der Waals surface area contributed by atoms with Crippen LogP contribution in [0, 0.1) is 6.92 Å². The minimum absolute atomic E-state index is 0.0707. The van der Waals surface area contributed by atoms with Crippen LogP contribution in [0.5, 0.6) is 0 Å². The molecule has 7 heteroatoms. The van der Waals surface area contributed by atoms with Crippen LogP contribution in [0.25, 0.3) is 0 Å². The Bertz CT molecular complexity index is 592. The molecule has 2 aromatic heterocycles. The summed E-state index contributed by atoms with van der Waals surface area (Å²) in [5.41, 5.74) is 0.870. The standard InChI is InChI=1S/C14H19N5O2/c1-11-8-12(17-21-11)13-4-2-7-19(13)14(20)5-3-6-18-10-15-9-16-18/h8-10,13H,2-7H2,1H3/t13-/m0/s1. The molecular weight excluding hydrogens is 270 g/mol. The molecule has 2 aromatic rings. The number of aryl methyl sites for hydroxylation is 2. The van der Waals surface area contributed by atoms with Gasteiger partial charge >= 0.3 is 0 Å². The quantitative estimate of drug-likeness (QED) is 0.837. The molecule has 1 saturated heterocycles. The summed E-state index contributed by atoms with van der Waals surface area (Å²) in [5, 5.41) is 8.09. The topological polar surface area (TPSA) is 77.1 Å². The second kappa shape index (κ2) is 6.07. The van der Waals surface area contributed by atoms with E-state index in [4.69, 9.17) is 4.52 Å². The first kappa shape index (κ1) is 13.8. The monoisotopic (exact) mass is 289 g/mol. The number of carbonyl (C=O) groups is 1. The summed E-state index contributed by atoms with van der Waals surface area (Å²) >= 11 is 0. The van der Waals surface area contributed by atoms with Crippen molar-refractivity contribution in [3.63, 3.8) is 0 Å². The fraction of sp³-hybridized carbons (Fsp3) is 0.571. The number of carbonyl (C=O) groups excluding carboxylic acids is 1. The Morgan fingerprint density at radius 1 is 1.52 bits per heavy atom. The summed E-state index contributed by atoms with van der Waals surface area (Å²) in [6.07, 6.45) is 6.44. The van der Waals surface area contributed by atoms with Crippen LogP contribution in [0.4, 0.5) is 0 Å². The van der Waals surface area contributed by atoms with Crippen molar-refractivity contribution in [2.24, 2.45) is 0 Å². The third kappa shape index (κ3) is 3.12. The van der Waals surface area contributed by atoms with Gasteiger partial charge in [-0.3, -0.25) is 9.48 Å². The molecule has 3 heterocycles. The summed E-state index contributed by atoms with van der Waals surface area (Å²) in [5.74, 6) is 0.966. The van der Waals surface area contributed by atoms with Crippen LogP contribution in [0.15, 0.2) is 23.2 Å². The van der Waals surface area contributed by atoms with Crippen LogP contribution in [-0.4, -0.2) is 37.3 Å². The second-order valence-corrected chi connectivity index (χ2v) is 5.37. The van der Waals surface area contributed by atoms with Gasteiger partial charge in [0.05, 0.1) is 6.04 Å². The highest BCUT2D eigenvalue weighted by molar-refractivity contribution is 5.76. The van der Waals surface area contributed by atoms with E-state index in [9.17, 15) is 4.79 Å². The van der Waals surface area contributed by atoms with Crippen molar-refractivity contribution in [1.29, 1.82) is 0 Å². The minimum atomic E-state index is 0.0707. The largest absolute Gasteiger partial charge is 0.361 e. The first-order chi connectivity index (χ1) is 10.2. The van der Waals surface area contributed by atoms with Crippen molar-refractivity contribution >= 4 is 5.91 Å². The van der Waals surface area contributed by atoms with E-state index in [2.05, 4.69) is 15.2 Å². The summed E-state index contributed by atoms with van der Waals surface area (Å²) in [6, 6.07) is 1.99. The van der Waals surface area contributed by atoms with Crippen LogP contribution >= 0.6 is 0 Å². The van der Waals surface area contributed by atoms with E-state index in [-0.39, 0.29) is 11.9 Å². The van der Waals surface area contributed by atoms with E-state index in [1.165, 1.54) is 6.33 Å². The summed E-state index contributed by atoms with van der Waals surface area (Å²) in [6.45, 7) is 3.39. The van der Waals surface area contributed by atoms with Crippen LogP contribution < -0.4 is 0 Å². The number of nitrogens with zero attached hydrogens (tertiary/aromatic N) is 5. The average Bonchev–Trinajstić information content (AvgIpc) is 3.18. The molecule has 21 heavy (non-hydrogen) atoms. The fourth-order valence-corrected chi connectivity index (χ4v) is 2.80. The lowest BCUT2D eigenvalue weighted by Gasteiger charge is -2.23. The van der Waals surface area contributed by atoms with Gasteiger partial charge in [-0.25, -0.2) is 4.98 Å². The lowest BCUT2D eigenvalue weighted by atomic mass is 10.1. The molecule has 0 bridgehead atoms. The van der Waals surface area contributed by atoms with Gasteiger partial charge in [-0.2, -0.15) is 5.10 Å². The number of likely N-dealkylation sites (tertiary alicyclic amines) is 1. The van der Waals surface area contributed by atoms with E-state index >= 15 is 0 Å². The van der Waals surface area contributed by atoms with Crippen molar-refractivity contribution < 1.29 is 9.32 Å². The third-order valence-electron chi connectivity index (χ3n) is 3.81. The number of rotatable bonds is 5. The van der Waals surface area contributed by atoms with Gasteiger partial charge in [0.1, 0.15) is 24.1 Å². The van der Waals surface area contributed by atoms with Gasteiger partial charge in [0.25, 0.3) is 0 Å². The molecule has 0 unspecified atom stereocenters. The number of amides is 1. The van der Waals surface area contributed by atoms with Crippen LogP contribution in [-0.2, 0) is 11.3 Å². The predicted molar refractivity (Wildman–Crippen MR) is 74.2 cm³/mol. The molecule has 1 fully saturated rings. The summed E-state index contributed by atoms with van der Waals surface area (Å²) < 4.78 is 6.87. The first-order valence-electron chi connectivity index (χ1n) is 7.29. The van der Waals surface area contributed by atoms with E-state index in [1.807, 2.05) is 17.9 Å². The third-order valence-corrected chi connectivity index (χ3v) is 3.81. The molecule has 112 valence electrons. The Hall–Kier alpha value is -2.18. The smallest absolute Gasteiger partial charge is 0.223 e. The zero-order valence-corrected chi connectivity index (χ0v) is 12.1. The number of aromatic nitrogens is 4. The Labute approximate surface area is 122 Å². The lowest BCUT2D eigenvalue weighted by Crippen LogP contribution is -2.30. The number of hydrogen-bond acceptors (Lipinski definition) is 5. The molecule has 0 radical (unpaired) electrons. The Morgan fingerprint density at radius 2 is 2.43 bits per heavy atom. The van der Waals surface area contributed by atoms with Crippen molar-refractivity contribution in [3.8, 4) is 0 Å². The minimum Gasteiger partial charge on any atom is -0.361 e. The fourth-order valence-electron chi connectivity index (χ4n) is 2.80. The van der Waals surface area contributed by atoms with Crippen LogP contribution in [0.3, 0.4) is 0 Å². The Balaban J connectivity index is 1.55. The molecule has 7 nitrogen and oxygen atoms in total. The van der Waals surface area contributed by atoms with Gasteiger partial charge in [0.2, 0.25) is 5.91 Å². The SMILES string of the molecule is Cc1cc([C@@H]2CCCN2C(=O)CCCn2cncn2)no1. The lowest BCUT2D eigenvalue weighted by molar-refractivity contribution is -0.132. The maximum absolute atomic E-state index is 12.4. The molecule has 0 spiro atoms. The van der Waals surface area contributed by atoms with Crippen LogP contribution in [0.1, 0.15) is 43.2 Å². The van der Waals surface area contributed by atoms with E-state index in [1.54, 1.807) is 11.0 Å². The van der Waals surface area contributed by atoms with Crippen molar-refractivity contribution in [2.45, 2.75) is 45.2 Å². The summed E-state index contributed by atoms with van der Waals surface area (Å²) in [4.78, 5) is 18.2. The molecule has 0 saturated carbocycles. The Kier molecular flexibility index (Phi) is 3.98.